The van der Waals surface area contributed by atoms with E-state index in [2.05, 4.69) is 18.8 Å². The van der Waals surface area contributed by atoms with Crippen LogP contribution >= 0.6 is 0 Å². The van der Waals surface area contributed by atoms with Gasteiger partial charge in [0.15, 0.2) is 0 Å². The molecule has 0 aliphatic heterocycles. The van der Waals surface area contributed by atoms with Crippen molar-refractivity contribution >= 4 is 6.34 Å². The van der Waals surface area contributed by atoms with E-state index < -0.39 is 0 Å². The quantitative estimate of drug-likeness (QED) is 0.355. The SMILES string of the molecule is CCCCCC(C)N=CN. The average Bonchev–Trinajstić information content (AvgIpc) is 1.89. The van der Waals surface area contributed by atoms with Gasteiger partial charge < -0.3 is 5.73 Å². The zero-order chi connectivity index (χ0) is 7.82. The summed E-state index contributed by atoms with van der Waals surface area (Å²) in [4.78, 5) is 4.05. The molecule has 0 aliphatic rings. The fraction of sp³-hybridized carbons (Fsp3) is 0.875. The average molecular weight is 142 g/mol. The number of nitrogens with zero attached hydrogens (tertiary/aromatic N) is 1. The lowest BCUT2D eigenvalue weighted by molar-refractivity contribution is 0.594. The van der Waals surface area contributed by atoms with Gasteiger partial charge in [-0.05, 0) is 13.3 Å². The largest absolute Gasteiger partial charge is 0.390 e. The van der Waals surface area contributed by atoms with E-state index in [0.29, 0.717) is 6.04 Å². The second-order valence-corrected chi connectivity index (χ2v) is 2.64. The predicted molar refractivity (Wildman–Crippen MR) is 46.3 cm³/mol. The summed E-state index contributed by atoms with van der Waals surface area (Å²) in [5.41, 5.74) is 5.14. The molecule has 0 saturated carbocycles. The number of hydrogen-bond acceptors (Lipinski definition) is 1. The molecule has 1 unspecified atom stereocenters. The highest BCUT2D eigenvalue weighted by Crippen LogP contribution is 2.04. The van der Waals surface area contributed by atoms with Gasteiger partial charge in [-0.1, -0.05) is 26.2 Å². The molecule has 2 N–H and O–H groups in total. The molecule has 0 spiro atoms. The minimum absolute atomic E-state index is 0.413. The molecule has 0 amide bonds. The zero-order valence-electron chi connectivity index (χ0n) is 7.01. The van der Waals surface area contributed by atoms with Crippen LogP contribution in [0.3, 0.4) is 0 Å². The van der Waals surface area contributed by atoms with Crippen LogP contribution in [-0.4, -0.2) is 12.4 Å². The van der Waals surface area contributed by atoms with E-state index in [-0.39, 0.29) is 0 Å². The van der Waals surface area contributed by atoms with Crippen LogP contribution in [0.1, 0.15) is 39.5 Å². The highest BCUT2D eigenvalue weighted by molar-refractivity contribution is 5.51. The molecule has 0 heterocycles. The highest BCUT2D eigenvalue weighted by Gasteiger charge is 1.95. The first-order valence-corrected chi connectivity index (χ1v) is 4.04. The van der Waals surface area contributed by atoms with Gasteiger partial charge in [0.05, 0.1) is 6.34 Å². The summed E-state index contributed by atoms with van der Waals surface area (Å²) in [6.45, 7) is 4.30. The van der Waals surface area contributed by atoms with E-state index in [1.54, 1.807) is 0 Å². The third-order valence-electron chi connectivity index (χ3n) is 1.57. The van der Waals surface area contributed by atoms with Crippen LogP contribution in [-0.2, 0) is 0 Å². The molecule has 0 aliphatic carbocycles. The molecule has 0 aromatic carbocycles. The lowest BCUT2D eigenvalue weighted by atomic mass is 10.1. The fourth-order valence-corrected chi connectivity index (χ4v) is 0.911. The Morgan fingerprint density at radius 1 is 1.50 bits per heavy atom. The third kappa shape index (κ3) is 5.60. The van der Waals surface area contributed by atoms with Gasteiger partial charge in [0, 0.05) is 6.04 Å². The van der Waals surface area contributed by atoms with Crippen LogP contribution in [0, 0.1) is 0 Å². The van der Waals surface area contributed by atoms with Gasteiger partial charge in [-0.2, -0.15) is 0 Å². The summed E-state index contributed by atoms with van der Waals surface area (Å²) in [5.74, 6) is 0. The summed E-state index contributed by atoms with van der Waals surface area (Å²) in [6, 6.07) is 0.413. The Kier molecular flexibility index (Phi) is 6.24. The van der Waals surface area contributed by atoms with Crippen LogP contribution in [0.4, 0.5) is 0 Å². The van der Waals surface area contributed by atoms with Crippen molar-refractivity contribution in [1.29, 1.82) is 0 Å². The van der Waals surface area contributed by atoms with Gasteiger partial charge in [-0.15, -0.1) is 0 Å². The molecule has 60 valence electrons. The van der Waals surface area contributed by atoms with Gasteiger partial charge >= 0.3 is 0 Å². The minimum Gasteiger partial charge on any atom is -0.390 e. The van der Waals surface area contributed by atoms with E-state index in [1.165, 1.54) is 32.0 Å². The van der Waals surface area contributed by atoms with E-state index in [1.807, 2.05) is 0 Å². The van der Waals surface area contributed by atoms with Crippen LogP contribution in [0.5, 0.6) is 0 Å². The molecule has 0 fully saturated rings. The second kappa shape index (κ2) is 6.59. The Balaban J connectivity index is 3.13. The summed E-state index contributed by atoms with van der Waals surface area (Å²) >= 11 is 0. The summed E-state index contributed by atoms with van der Waals surface area (Å²) in [7, 11) is 0. The molecule has 0 bridgehead atoms. The predicted octanol–water partition coefficient (Wildman–Crippen LogP) is 1.94. The molecule has 2 heteroatoms. The number of unbranched alkanes of at least 4 members (excludes halogenated alkanes) is 2. The van der Waals surface area contributed by atoms with Crippen LogP contribution < -0.4 is 5.73 Å². The Hall–Kier alpha value is -0.530. The van der Waals surface area contributed by atoms with Crippen molar-refractivity contribution in [2.24, 2.45) is 10.7 Å². The Morgan fingerprint density at radius 3 is 2.70 bits per heavy atom. The normalized spacial score (nSPS) is 14.2. The third-order valence-corrected chi connectivity index (χ3v) is 1.57. The maximum atomic E-state index is 5.14. The molecular weight excluding hydrogens is 124 g/mol. The van der Waals surface area contributed by atoms with Crippen molar-refractivity contribution in [3.8, 4) is 0 Å². The van der Waals surface area contributed by atoms with Gasteiger partial charge in [-0.25, -0.2) is 0 Å². The molecular formula is C8H18N2. The molecule has 10 heavy (non-hydrogen) atoms. The molecule has 0 radical (unpaired) electrons. The first kappa shape index (κ1) is 9.47. The molecule has 1 atom stereocenters. The number of rotatable bonds is 5. The van der Waals surface area contributed by atoms with Gasteiger partial charge in [0.1, 0.15) is 0 Å². The van der Waals surface area contributed by atoms with Crippen molar-refractivity contribution in [1.82, 2.24) is 0 Å². The summed E-state index contributed by atoms with van der Waals surface area (Å²) < 4.78 is 0. The second-order valence-electron chi connectivity index (χ2n) is 2.64. The maximum absolute atomic E-state index is 5.14. The summed E-state index contributed by atoms with van der Waals surface area (Å²) in [6.07, 6.45) is 6.43. The lowest BCUT2D eigenvalue weighted by Gasteiger charge is -2.02. The topological polar surface area (TPSA) is 38.4 Å². The first-order valence-electron chi connectivity index (χ1n) is 4.04. The van der Waals surface area contributed by atoms with Crippen molar-refractivity contribution in [2.75, 3.05) is 0 Å². The Bertz CT molecular complexity index is 89.3. The van der Waals surface area contributed by atoms with Crippen molar-refractivity contribution in [3.05, 3.63) is 0 Å². The number of hydrogen-bond donors (Lipinski definition) is 1. The molecule has 0 saturated heterocycles. The van der Waals surface area contributed by atoms with Gasteiger partial charge in [0.2, 0.25) is 0 Å². The molecule has 0 rings (SSSR count). The van der Waals surface area contributed by atoms with E-state index >= 15 is 0 Å². The maximum Gasteiger partial charge on any atom is 0.0801 e. The van der Waals surface area contributed by atoms with Gasteiger partial charge in [-0.3, -0.25) is 4.99 Å². The lowest BCUT2D eigenvalue weighted by Crippen LogP contribution is -2.01. The monoisotopic (exact) mass is 142 g/mol. The Labute approximate surface area is 63.5 Å². The van der Waals surface area contributed by atoms with E-state index in [0.717, 1.165) is 0 Å². The minimum atomic E-state index is 0.413. The Morgan fingerprint density at radius 2 is 2.20 bits per heavy atom. The number of nitrogens with two attached hydrogens (primary N) is 1. The first-order chi connectivity index (χ1) is 4.81. The smallest absolute Gasteiger partial charge is 0.0801 e. The summed E-state index contributed by atoms with van der Waals surface area (Å²) in [5, 5.41) is 0. The van der Waals surface area contributed by atoms with E-state index in [4.69, 9.17) is 5.73 Å². The van der Waals surface area contributed by atoms with Gasteiger partial charge in [0.25, 0.3) is 0 Å². The molecule has 0 aromatic rings. The van der Waals surface area contributed by atoms with Crippen LogP contribution in [0.2, 0.25) is 0 Å². The zero-order valence-corrected chi connectivity index (χ0v) is 7.01. The molecule has 0 aromatic heterocycles. The highest BCUT2D eigenvalue weighted by atomic mass is 14.8. The fourth-order valence-electron chi connectivity index (χ4n) is 0.911. The van der Waals surface area contributed by atoms with E-state index in [9.17, 15) is 0 Å². The van der Waals surface area contributed by atoms with Crippen LogP contribution in [0.15, 0.2) is 4.99 Å². The number of aliphatic imine (C=N–C) groups is 1. The van der Waals surface area contributed by atoms with Crippen molar-refractivity contribution in [2.45, 2.75) is 45.6 Å². The van der Waals surface area contributed by atoms with Crippen molar-refractivity contribution < 1.29 is 0 Å². The molecule has 2 nitrogen and oxygen atoms in total. The standard InChI is InChI=1S/C8H18N2/c1-3-4-5-6-8(2)10-7-9/h7-8H,3-6H2,1-2H3,(H2,9,10). The van der Waals surface area contributed by atoms with Crippen molar-refractivity contribution in [3.63, 3.8) is 0 Å². The van der Waals surface area contributed by atoms with Crippen LogP contribution in [0.25, 0.3) is 0 Å².